The fraction of sp³-hybridized carbons (Fsp3) is 0. The molecule has 0 aliphatic heterocycles. The minimum Gasteiger partial charge on any atom is -0.592 e. The Morgan fingerprint density at radius 2 is 2.00 bits per heavy atom. The summed E-state index contributed by atoms with van der Waals surface area (Å²) in [5.74, 6) is 0.662. The Morgan fingerprint density at radius 1 is 1.25 bits per heavy atom. The average molecular weight is 377 g/mol. The van der Waals surface area contributed by atoms with Gasteiger partial charge < -0.3 is 15.5 Å². The van der Waals surface area contributed by atoms with Crippen LogP contribution in [0.25, 0.3) is 5.43 Å². The van der Waals surface area contributed by atoms with Crippen molar-refractivity contribution in [1.82, 2.24) is 4.98 Å². The Kier molecular flexibility index (Phi) is 7.72. The molecule has 0 fully saturated rings. The maximum Gasteiger partial charge on any atom is 0.281 e. The van der Waals surface area contributed by atoms with Gasteiger partial charge in [-0.2, -0.15) is 0 Å². The minimum atomic E-state index is 0.168. The van der Waals surface area contributed by atoms with Gasteiger partial charge in [0.05, 0.1) is 5.56 Å². The van der Waals surface area contributed by atoms with Crippen LogP contribution >= 0.6 is 33.3 Å². The van der Waals surface area contributed by atoms with E-state index >= 15 is 0 Å². The van der Waals surface area contributed by atoms with Crippen molar-refractivity contribution in [1.29, 1.82) is 0 Å². The number of hydrogen-bond donors (Lipinski definition) is 0. The topological polar surface area (TPSA) is 62.2 Å². The second-order valence-corrected chi connectivity index (χ2v) is 4.23. The van der Waals surface area contributed by atoms with E-state index in [0.717, 1.165) is 0 Å². The molecule has 107 valence electrons. The Balaban J connectivity index is 0.000000956. The van der Waals surface area contributed by atoms with Crippen molar-refractivity contribution in [3.63, 3.8) is 0 Å². The first-order valence-corrected chi connectivity index (χ1v) is 7.34. The molecule has 0 unspecified atom stereocenters. The van der Waals surface area contributed by atoms with Gasteiger partial charge in [-0.05, 0) is 18.0 Å². The summed E-state index contributed by atoms with van der Waals surface area (Å²) in [5.41, 5.74) is 4.40. The smallest absolute Gasteiger partial charge is 0.281 e. The van der Waals surface area contributed by atoms with E-state index in [1.807, 2.05) is 6.07 Å². The number of rotatable bonds is 3. The maximum absolute atomic E-state index is 7.74. The first-order valence-electron chi connectivity index (χ1n) is 5.15. The van der Waals surface area contributed by atoms with Crippen LogP contribution in [0, 0.1) is 0 Å². The van der Waals surface area contributed by atoms with Crippen LogP contribution in [-0.2, 0) is 14.8 Å². The van der Waals surface area contributed by atoms with Gasteiger partial charge in [0.25, 0.3) is 5.75 Å². The zero-order chi connectivity index (χ0) is 15.0. The molecule has 4 nitrogen and oxygen atoms in total. The van der Waals surface area contributed by atoms with Crippen LogP contribution in [0.3, 0.4) is 0 Å². The molecule has 0 spiro atoms. The molecule has 2 aromatic rings. The fourth-order valence-corrected chi connectivity index (χ4v) is 1.77. The zero-order valence-electron chi connectivity index (χ0n) is 9.85. The van der Waals surface area contributed by atoms with Gasteiger partial charge in [-0.15, -0.1) is 0 Å². The summed E-state index contributed by atoms with van der Waals surface area (Å²) in [6, 6.07) is 8.45. The molecular weight excluding hydrogens is 367 g/mol. The summed E-state index contributed by atoms with van der Waals surface area (Å²) in [6.07, 6.45) is 3.05. The molecule has 0 radical (unpaired) electrons. The summed E-state index contributed by atoms with van der Waals surface area (Å²) in [4.78, 5) is 3.99. The number of aromatic nitrogens is 1. The fourth-order valence-electron chi connectivity index (χ4n) is 1.26. The quantitative estimate of drug-likeness (QED) is 0.440. The molecule has 0 amide bonds. The van der Waals surface area contributed by atoms with Crippen molar-refractivity contribution in [3.8, 4) is 5.75 Å². The summed E-state index contributed by atoms with van der Waals surface area (Å²) < 4.78 is 0. The summed E-state index contributed by atoms with van der Waals surface area (Å²) in [6.45, 7) is 0. The van der Waals surface area contributed by atoms with E-state index in [9.17, 15) is 0 Å². The van der Waals surface area contributed by atoms with E-state index in [2.05, 4.69) is 40.5 Å². The molecule has 2 rings (SSSR count). The molecule has 20 heavy (non-hydrogen) atoms. The third-order valence-corrected chi connectivity index (χ3v) is 2.61. The number of pyridine rings is 1. The second kappa shape index (κ2) is 9.04. The van der Waals surface area contributed by atoms with E-state index in [0.29, 0.717) is 16.4 Å². The molecule has 8 heteroatoms. The predicted octanol–water partition coefficient (Wildman–Crippen LogP) is 4.55. The van der Waals surface area contributed by atoms with Crippen LogP contribution in [0.4, 0.5) is 5.82 Å². The molecule has 2 N–H and O–H groups in total. The minimum absolute atomic E-state index is 0.168. The molecule has 0 aliphatic carbocycles. The molecule has 1 aromatic heterocycles. The zero-order valence-corrected chi connectivity index (χ0v) is 13.2. The van der Waals surface area contributed by atoms with Gasteiger partial charge in [-0.1, -0.05) is 47.6 Å². The van der Waals surface area contributed by atoms with Gasteiger partial charge in [0.1, 0.15) is 5.02 Å². The predicted molar refractivity (Wildman–Crippen MR) is 80.2 cm³/mol. The van der Waals surface area contributed by atoms with E-state index < -0.39 is 0 Å². The van der Waals surface area contributed by atoms with E-state index in [-0.39, 0.29) is 10.8 Å². The first-order chi connectivity index (χ1) is 9.66. The van der Waals surface area contributed by atoms with Gasteiger partial charge in [0.2, 0.25) is 0 Å². The van der Waals surface area contributed by atoms with Crippen molar-refractivity contribution in [3.05, 3.63) is 57.6 Å². The molecule has 0 atom stereocenters. The van der Waals surface area contributed by atoms with Gasteiger partial charge in [0.15, 0.2) is 0 Å². The van der Waals surface area contributed by atoms with E-state index in [4.69, 9.17) is 28.3 Å². The SMILES string of the molecule is [Cl][Co+].[OH2+]c1c(Cl)cc(Cl)cc1C=N[N-]c1ccccn1. The molecule has 0 aliphatic rings. The molecular formula is C12H9Cl3CoN3O+. The Morgan fingerprint density at radius 3 is 2.65 bits per heavy atom. The summed E-state index contributed by atoms with van der Waals surface area (Å²) >= 11 is 14.7. The molecule has 1 heterocycles. The van der Waals surface area contributed by atoms with Crippen molar-refractivity contribution in [2.24, 2.45) is 5.10 Å². The van der Waals surface area contributed by atoms with Crippen molar-refractivity contribution in [2.75, 3.05) is 0 Å². The van der Waals surface area contributed by atoms with E-state index in [1.54, 1.807) is 24.4 Å². The number of halogens is 3. The van der Waals surface area contributed by atoms with Crippen LogP contribution in [-0.4, -0.2) is 16.3 Å². The van der Waals surface area contributed by atoms with Gasteiger partial charge >= 0.3 is 25.0 Å². The number of benzene rings is 1. The molecule has 0 saturated carbocycles. The Bertz CT molecular complexity index is 582. The van der Waals surface area contributed by atoms with Crippen molar-refractivity contribution < 1.29 is 19.9 Å². The standard InChI is InChI=1S/C12H8Cl2N3O.ClH.Co/c13-9-5-8(12(18)10(14)6-9)7-16-17-11-3-1-2-4-15-11;;/h1-7H,(H-,15,16,17,18);1H;/q-1;;+2. The van der Waals surface area contributed by atoms with Crippen LogP contribution in [0.5, 0.6) is 5.75 Å². The largest absolute Gasteiger partial charge is 0.592 e. The number of hydrogen-bond acceptors (Lipinski definition) is 2. The normalized spacial score (nSPS) is 10.0. The maximum atomic E-state index is 7.74. The summed E-state index contributed by atoms with van der Waals surface area (Å²) in [5, 5.41) is 12.3. The van der Waals surface area contributed by atoms with E-state index in [1.165, 1.54) is 12.3 Å². The molecule has 0 saturated heterocycles. The molecule has 0 bridgehead atoms. The third kappa shape index (κ3) is 5.18. The van der Waals surface area contributed by atoms with Crippen molar-refractivity contribution in [2.45, 2.75) is 0 Å². The van der Waals surface area contributed by atoms with Crippen LogP contribution < -0.4 is 0 Å². The van der Waals surface area contributed by atoms with Crippen molar-refractivity contribution >= 4 is 45.4 Å². The van der Waals surface area contributed by atoms with Gasteiger partial charge in [-0.3, -0.25) is 5.10 Å². The third-order valence-electron chi connectivity index (χ3n) is 2.09. The monoisotopic (exact) mass is 375 g/mol. The van der Waals surface area contributed by atoms with Crippen LogP contribution in [0.2, 0.25) is 10.0 Å². The first kappa shape index (κ1) is 17.1. The Hall–Kier alpha value is -0.984. The van der Waals surface area contributed by atoms with Gasteiger partial charge in [-0.25, -0.2) is 0 Å². The number of nitrogens with zero attached hydrogens (tertiary/aromatic N) is 3. The summed E-state index contributed by atoms with van der Waals surface area (Å²) in [7, 11) is 4.33. The molecule has 1 aromatic carbocycles. The van der Waals surface area contributed by atoms with Crippen LogP contribution in [0.15, 0.2) is 41.6 Å². The van der Waals surface area contributed by atoms with Crippen LogP contribution in [0.1, 0.15) is 5.56 Å². The Labute approximate surface area is 138 Å². The average Bonchev–Trinajstić information content (AvgIpc) is 2.47. The van der Waals surface area contributed by atoms with Gasteiger partial charge in [0, 0.05) is 11.2 Å². The second-order valence-electron chi connectivity index (χ2n) is 3.38.